The Hall–Kier alpha value is -1.95. The lowest BCUT2D eigenvalue weighted by Gasteiger charge is -2.05. The van der Waals surface area contributed by atoms with Crippen molar-refractivity contribution < 1.29 is 4.52 Å². The van der Waals surface area contributed by atoms with Crippen LogP contribution in [0.15, 0.2) is 10.6 Å². The Labute approximate surface area is 108 Å². The summed E-state index contributed by atoms with van der Waals surface area (Å²) in [5, 5.41) is 12.3. The zero-order valence-corrected chi connectivity index (χ0v) is 10.9. The molecule has 0 aliphatic carbocycles. The molecule has 0 spiro atoms. The molecule has 7 heteroatoms. The minimum atomic E-state index is 0.327. The molecule has 0 fully saturated rings. The Kier molecular flexibility index (Phi) is 2.34. The van der Waals surface area contributed by atoms with E-state index in [0.717, 1.165) is 17.1 Å². The van der Waals surface area contributed by atoms with Crippen LogP contribution in [0.4, 0.5) is 0 Å². The SMILES string of the molecule is Cc1cc(-c2nnc3c(Cl)nc(C)c(C)n23)on1. The first-order chi connectivity index (χ1) is 8.58. The molecule has 3 rings (SSSR count). The van der Waals surface area contributed by atoms with Gasteiger partial charge in [0.15, 0.2) is 10.8 Å². The minimum Gasteiger partial charge on any atom is -0.353 e. The van der Waals surface area contributed by atoms with Gasteiger partial charge in [-0.3, -0.25) is 4.40 Å². The molecular formula is C11H10ClN5O. The van der Waals surface area contributed by atoms with Crippen molar-refractivity contribution in [1.82, 2.24) is 24.7 Å². The first kappa shape index (κ1) is 11.2. The minimum absolute atomic E-state index is 0.327. The van der Waals surface area contributed by atoms with Crippen LogP contribution in [-0.2, 0) is 0 Å². The van der Waals surface area contributed by atoms with Gasteiger partial charge in [0, 0.05) is 11.8 Å². The van der Waals surface area contributed by atoms with Crippen LogP contribution in [-0.4, -0.2) is 24.7 Å². The third kappa shape index (κ3) is 1.49. The van der Waals surface area contributed by atoms with Gasteiger partial charge >= 0.3 is 0 Å². The van der Waals surface area contributed by atoms with Gasteiger partial charge in [-0.05, 0) is 20.8 Å². The van der Waals surface area contributed by atoms with Gasteiger partial charge in [-0.2, -0.15) is 0 Å². The summed E-state index contributed by atoms with van der Waals surface area (Å²) in [6.45, 7) is 5.67. The van der Waals surface area contributed by atoms with Gasteiger partial charge in [0.05, 0.1) is 11.4 Å². The lowest BCUT2D eigenvalue weighted by atomic mass is 10.3. The number of hydrogen-bond acceptors (Lipinski definition) is 5. The molecule has 0 aromatic carbocycles. The van der Waals surface area contributed by atoms with E-state index in [1.54, 1.807) is 6.07 Å². The molecule has 18 heavy (non-hydrogen) atoms. The first-order valence-corrected chi connectivity index (χ1v) is 5.77. The largest absolute Gasteiger partial charge is 0.353 e. The Bertz CT molecular complexity index is 745. The van der Waals surface area contributed by atoms with Crippen molar-refractivity contribution in [3.8, 4) is 11.6 Å². The van der Waals surface area contributed by atoms with E-state index in [2.05, 4.69) is 20.3 Å². The topological polar surface area (TPSA) is 69.1 Å². The third-order valence-corrected chi connectivity index (χ3v) is 3.07. The van der Waals surface area contributed by atoms with Crippen molar-refractivity contribution in [3.63, 3.8) is 0 Å². The summed E-state index contributed by atoms with van der Waals surface area (Å²) in [6, 6.07) is 1.81. The maximum absolute atomic E-state index is 6.06. The van der Waals surface area contributed by atoms with Gasteiger partial charge in [0.25, 0.3) is 0 Å². The number of fused-ring (bicyclic) bond motifs is 1. The summed E-state index contributed by atoms with van der Waals surface area (Å²) in [4.78, 5) is 4.21. The van der Waals surface area contributed by atoms with Crippen LogP contribution < -0.4 is 0 Å². The standard InChI is InChI=1S/C11H10ClN5O/c1-5-4-8(18-16-5)10-14-15-11-9(12)13-6(2)7(3)17(10)11/h4H,1-3H3. The average molecular weight is 264 g/mol. The van der Waals surface area contributed by atoms with Crippen LogP contribution >= 0.6 is 11.6 Å². The Morgan fingerprint density at radius 2 is 2.00 bits per heavy atom. The van der Waals surface area contributed by atoms with E-state index < -0.39 is 0 Å². The zero-order valence-electron chi connectivity index (χ0n) is 10.1. The predicted molar refractivity (Wildman–Crippen MR) is 65.5 cm³/mol. The highest BCUT2D eigenvalue weighted by atomic mass is 35.5. The molecule has 0 N–H and O–H groups in total. The molecule has 0 saturated heterocycles. The van der Waals surface area contributed by atoms with Crippen molar-refractivity contribution in [3.05, 3.63) is 28.3 Å². The fraction of sp³-hybridized carbons (Fsp3) is 0.273. The van der Waals surface area contributed by atoms with Crippen molar-refractivity contribution in [1.29, 1.82) is 0 Å². The van der Waals surface area contributed by atoms with Gasteiger partial charge in [-0.1, -0.05) is 16.8 Å². The van der Waals surface area contributed by atoms with E-state index in [0.29, 0.717) is 22.4 Å². The maximum Gasteiger partial charge on any atom is 0.207 e. The first-order valence-electron chi connectivity index (χ1n) is 5.39. The van der Waals surface area contributed by atoms with Crippen molar-refractivity contribution in [2.45, 2.75) is 20.8 Å². The fourth-order valence-electron chi connectivity index (χ4n) is 1.80. The number of aromatic nitrogens is 5. The lowest BCUT2D eigenvalue weighted by molar-refractivity contribution is 0.424. The van der Waals surface area contributed by atoms with E-state index in [9.17, 15) is 0 Å². The molecule has 3 aromatic heterocycles. The summed E-state index contributed by atoms with van der Waals surface area (Å²) in [5.74, 6) is 1.14. The maximum atomic E-state index is 6.06. The van der Waals surface area contributed by atoms with Crippen LogP contribution in [0.1, 0.15) is 17.1 Å². The van der Waals surface area contributed by atoms with E-state index in [1.165, 1.54) is 0 Å². The molecule has 0 radical (unpaired) electrons. The Balaban J connectivity index is 2.38. The normalized spacial score (nSPS) is 11.3. The molecule has 0 unspecified atom stereocenters. The second-order valence-electron chi connectivity index (χ2n) is 4.09. The van der Waals surface area contributed by atoms with Gasteiger partial charge in [0.1, 0.15) is 0 Å². The van der Waals surface area contributed by atoms with Crippen LogP contribution in [0.25, 0.3) is 17.2 Å². The summed E-state index contributed by atoms with van der Waals surface area (Å²) < 4.78 is 7.04. The molecule has 0 atom stereocenters. The van der Waals surface area contributed by atoms with Gasteiger partial charge < -0.3 is 4.52 Å². The molecular weight excluding hydrogens is 254 g/mol. The van der Waals surface area contributed by atoms with Gasteiger partial charge in [-0.15, -0.1) is 10.2 Å². The van der Waals surface area contributed by atoms with Crippen molar-refractivity contribution >= 4 is 17.2 Å². The average Bonchev–Trinajstić information content (AvgIpc) is 2.91. The highest BCUT2D eigenvalue weighted by Gasteiger charge is 2.18. The van der Waals surface area contributed by atoms with Crippen LogP contribution in [0, 0.1) is 20.8 Å². The summed E-state index contributed by atoms with van der Waals surface area (Å²) in [7, 11) is 0. The van der Waals surface area contributed by atoms with Crippen LogP contribution in [0.5, 0.6) is 0 Å². The number of hydrogen-bond donors (Lipinski definition) is 0. The predicted octanol–water partition coefficient (Wildman–Crippen LogP) is 2.36. The quantitative estimate of drug-likeness (QED) is 0.674. The second-order valence-corrected chi connectivity index (χ2v) is 4.45. The molecule has 0 bridgehead atoms. The monoisotopic (exact) mass is 263 g/mol. The Morgan fingerprint density at radius 3 is 2.67 bits per heavy atom. The van der Waals surface area contributed by atoms with E-state index in [-0.39, 0.29) is 0 Å². The smallest absolute Gasteiger partial charge is 0.207 e. The molecule has 3 aromatic rings. The van der Waals surface area contributed by atoms with Crippen molar-refractivity contribution in [2.24, 2.45) is 0 Å². The van der Waals surface area contributed by atoms with E-state index in [1.807, 2.05) is 25.2 Å². The number of aryl methyl sites for hydroxylation is 3. The molecule has 92 valence electrons. The van der Waals surface area contributed by atoms with Crippen LogP contribution in [0.2, 0.25) is 5.15 Å². The van der Waals surface area contributed by atoms with Crippen molar-refractivity contribution in [2.75, 3.05) is 0 Å². The molecule has 0 aliphatic rings. The summed E-state index contributed by atoms with van der Waals surface area (Å²) >= 11 is 6.06. The molecule has 0 amide bonds. The summed E-state index contributed by atoms with van der Waals surface area (Å²) in [6.07, 6.45) is 0. The lowest BCUT2D eigenvalue weighted by Crippen LogP contribution is -2.00. The zero-order chi connectivity index (χ0) is 12.9. The fourth-order valence-corrected chi connectivity index (χ4v) is 2.05. The molecule has 3 heterocycles. The molecule has 6 nitrogen and oxygen atoms in total. The highest BCUT2D eigenvalue weighted by molar-refractivity contribution is 6.32. The highest BCUT2D eigenvalue weighted by Crippen LogP contribution is 2.24. The second kappa shape index (κ2) is 3.78. The third-order valence-electron chi connectivity index (χ3n) is 2.82. The Morgan fingerprint density at radius 1 is 1.22 bits per heavy atom. The van der Waals surface area contributed by atoms with Gasteiger partial charge in [-0.25, -0.2) is 4.98 Å². The number of rotatable bonds is 1. The van der Waals surface area contributed by atoms with Gasteiger partial charge in [0.2, 0.25) is 11.6 Å². The van der Waals surface area contributed by atoms with E-state index >= 15 is 0 Å². The van der Waals surface area contributed by atoms with Crippen LogP contribution in [0.3, 0.4) is 0 Å². The molecule has 0 saturated carbocycles. The number of halogens is 1. The summed E-state index contributed by atoms with van der Waals surface area (Å²) in [5.41, 5.74) is 3.05. The number of nitrogens with zero attached hydrogens (tertiary/aromatic N) is 5. The van der Waals surface area contributed by atoms with E-state index in [4.69, 9.17) is 16.1 Å². The molecule has 0 aliphatic heterocycles.